The van der Waals surface area contributed by atoms with E-state index in [1.165, 1.54) is 19.3 Å². The molecule has 74 valence electrons. The van der Waals surface area contributed by atoms with Gasteiger partial charge in [0.1, 0.15) is 0 Å². The van der Waals surface area contributed by atoms with Gasteiger partial charge in [-0.1, -0.05) is 19.3 Å². The second-order valence-corrected chi connectivity index (χ2v) is 4.85. The molecule has 2 atom stereocenters. The fourth-order valence-electron chi connectivity index (χ4n) is 1.82. The molecule has 0 heterocycles. The first-order valence-electron chi connectivity index (χ1n) is 5.00. The lowest BCUT2D eigenvalue weighted by Gasteiger charge is -2.17. The van der Waals surface area contributed by atoms with Gasteiger partial charge in [0, 0.05) is 11.0 Å². The smallest absolute Gasteiger partial charge is 0.0667 e. The van der Waals surface area contributed by atoms with Gasteiger partial charge in [-0.15, -0.1) is 0 Å². The van der Waals surface area contributed by atoms with E-state index in [2.05, 4.69) is 6.07 Å². The maximum Gasteiger partial charge on any atom is 0.0667 e. The van der Waals surface area contributed by atoms with Crippen LogP contribution in [0, 0.1) is 17.2 Å². The Bertz CT molecular complexity index is 178. The molecular weight excluding hydrogens is 182 g/mol. The number of aliphatic hydroxyl groups excluding tert-OH is 1. The van der Waals surface area contributed by atoms with E-state index in [0.29, 0.717) is 5.25 Å². The molecule has 13 heavy (non-hydrogen) atoms. The molecule has 0 aromatic rings. The van der Waals surface area contributed by atoms with Crippen LogP contribution in [0.5, 0.6) is 0 Å². The standard InChI is InChI=1S/C10H17NOS/c11-8-9-4-2-1-3-5-10(9)13-7-6-12/h9-10,12H,1-7H2. The zero-order chi connectivity index (χ0) is 9.52. The zero-order valence-corrected chi connectivity index (χ0v) is 8.72. The van der Waals surface area contributed by atoms with Gasteiger partial charge >= 0.3 is 0 Å². The second kappa shape index (κ2) is 6.28. The van der Waals surface area contributed by atoms with Crippen molar-refractivity contribution in [2.75, 3.05) is 12.4 Å². The zero-order valence-electron chi connectivity index (χ0n) is 7.91. The van der Waals surface area contributed by atoms with Crippen molar-refractivity contribution in [2.45, 2.75) is 37.4 Å². The predicted molar refractivity (Wildman–Crippen MR) is 55.5 cm³/mol. The van der Waals surface area contributed by atoms with E-state index in [9.17, 15) is 0 Å². The molecule has 0 spiro atoms. The highest BCUT2D eigenvalue weighted by Crippen LogP contribution is 2.31. The summed E-state index contributed by atoms with van der Waals surface area (Å²) in [4.78, 5) is 0. The Labute approximate surface area is 84.3 Å². The SMILES string of the molecule is N#CC1CCCCCC1SCCO. The Morgan fingerprint density at radius 1 is 1.31 bits per heavy atom. The molecular formula is C10H17NOS. The summed E-state index contributed by atoms with van der Waals surface area (Å²) in [6.07, 6.45) is 5.94. The minimum absolute atomic E-state index is 0.221. The summed E-state index contributed by atoms with van der Waals surface area (Å²) in [6.45, 7) is 0.235. The van der Waals surface area contributed by atoms with Gasteiger partial charge in [0.2, 0.25) is 0 Å². The molecule has 3 heteroatoms. The first kappa shape index (κ1) is 10.9. The lowest BCUT2D eigenvalue weighted by molar-refractivity contribution is 0.322. The Kier molecular flexibility index (Phi) is 5.26. The summed E-state index contributed by atoms with van der Waals surface area (Å²) in [6, 6.07) is 2.40. The third-order valence-electron chi connectivity index (χ3n) is 2.54. The molecule has 0 amide bonds. The molecule has 0 saturated heterocycles. The number of nitriles is 1. The molecule has 0 radical (unpaired) electrons. The number of hydrogen-bond acceptors (Lipinski definition) is 3. The second-order valence-electron chi connectivity index (χ2n) is 3.51. The van der Waals surface area contributed by atoms with E-state index in [1.54, 1.807) is 11.8 Å². The molecule has 0 aromatic heterocycles. The molecule has 0 bridgehead atoms. The van der Waals surface area contributed by atoms with Gasteiger partial charge in [0.25, 0.3) is 0 Å². The van der Waals surface area contributed by atoms with Gasteiger partial charge in [0.05, 0.1) is 18.6 Å². The fraction of sp³-hybridized carbons (Fsp3) is 0.900. The average Bonchev–Trinajstić information content (AvgIpc) is 2.39. The summed E-state index contributed by atoms with van der Waals surface area (Å²) in [5, 5.41) is 18.2. The van der Waals surface area contributed by atoms with Gasteiger partial charge in [-0.2, -0.15) is 17.0 Å². The predicted octanol–water partition coefficient (Wildman–Crippen LogP) is 2.18. The molecule has 0 aromatic carbocycles. The monoisotopic (exact) mass is 199 g/mol. The molecule has 1 N–H and O–H groups in total. The van der Waals surface area contributed by atoms with Gasteiger partial charge < -0.3 is 5.11 Å². The first-order chi connectivity index (χ1) is 6.38. The van der Waals surface area contributed by atoms with E-state index in [4.69, 9.17) is 10.4 Å². The average molecular weight is 199 g/mol. The Hall–Kier alpha value is -0.200. The summed E-state index contributed by atoms with van der Waals surface area (Å²) >= 11 is 1.77. The van der Waals surface area contributed by atoms with Crippen molar-refractivity contribution >= 4 is 11.8 Å². The van der Waals surface area contributed by atoms with Crippen molar-refractivity contribution in [3.63, 3.8) is 0 Å². The van der Waals surface area contributed by atoms with Crippen LogP contribution in [0.3, 0.4) is 0 Å². The van der Waals surface area contributed by atoms with Crippen LogP contribution in [0.2, 0.25) is 0 Å². The Morgan fingerprint density at radius 3 is 2.77 bits per heavy atom. The molecule has 2 nitrogen and oxygen atoms in total. The largest absolute Gasteiger partial charge is 0.396 e. The maximum atomic E-state index is 8.96. The van der Waals surface area contributed by atoms with Crippen LogP contribution < -0.4 is 0 Å². The molecule has 1 saturated carbocycles. The third kappa shape index (κ3) is 3.58. The van der Waals surface area contributed by atoms with Crippen LogP contribution in [0.25, 0.3) is 0 Å². The number of aliphatic hydroxyl groups is 1. The molecule has 1 aliphatic rings. The lowest BCUT2D eigenvalue weighted by Crippen LogP contribution is -2.15. The third-order valence-corrected chi connectivity index (χ3v) is 3.95. The summed E-state index contributed by atoms with van der Waals surface area (Å²) in [5.74, 6) is 1.00. The van der Waals surface area contributed by atoms with Crippen molar-refractivity contribution in [3.05, 3.63) is 0 Å². The molecule has 2 unspecified atom stereocenters. The molecule has 0 aliphatic heterocycles. The van der Waals surface area contributed by atoms with Gasteiger partial charge in [-0.25, -0.2) is 0 Å². The van der Waals surface area contributed by atoms with Crippen molar-refractivity contribution in [1.82, 2.24) is 0 Å². The van der Waals surface area contributed by atoms with Crippen molar-refractivity contribution in [3.8, 4) is 6.07 Å². The summed E-state index contributed by atoms with van der Waals surface area (Å²) in [7, 11) is 0. The van der Waals surface area contributed by atoms with E-state index in [0.717, 1.165) is 18.6 Å². The van der Waals surface area contributed by atoms with Crippen LogP contribution in [0.4, 0.5) is 0 Å². The van der Waals surface area contributed by atoms with Gasteiger partial charge in [0.15, 0.2) is 0 Å². The van der Waals surface area contributed by atoms with E-state index >= 15 is 0 Å². The summed E-state index contributed by atoms with van der Waals surface area (Å²) < 4.78 is 0. The van der Waals surface area contributed by atoms with Crippen LogP contribution in [0.1, 0.15) is 32.1 Å². The van der Waals surface area contributed by atoms with E-state index in [1.807, 2.05) is 0 Å². The molecule has 1 aliphatic carbocycles. The normalized spacial score (nSPS) is 29.2. The number of thioether (sulfide) groups is 1. The Morgan fingerprint density at radius 2 is 2.08 bits per heavy atom. The maximum absolute atomic E-state index is 8.96. The fourth-order valence-corrected chi connectivity index (χ4v) is 3.00. The highest BCUT2D eigenvalue weighted by Gasteiger charge is 2.23. The minimum atomic E-state index is 0.221. The Balaban J connectivity index is 2.40. The highest BCUT2D eigenvalue weighted by molar-refractivity contribution is 7.99. The first-order valence-corrected chi connectivity index (χ1v) is 6.05. The number of rotatable bonds is 3. The van der Waals surface area contributed by atoms with E-state index < -0.39 is 0 Å². The number of nitrogens with zero attached hydrogens (tertiary/aromatic N) is 1. The minimum Gasteiger partial charge on any atom is -0.396 e. The highest BCUT2D eigenvalue weighted by atomic mass is 32.2. The summed E-state index contributed by atoms with van der Waals surface area (Å²) in [5.41, 5.74) is 0. The molecule has 1 fully saturated rings. The van der Waals surface area contributed by atoms with E-state index in [-0.39, 0.29) is 12.5 Å². The quantitative estimate of drug-likeness (QED) is 0.709. The topological polar surface area (TPSA) is 44.0 Å². The van der Waals surface area contributed by atoms with Crippen molar-refractivity contribution in [1.29, 1.82) is 5.26 Å². The number of hydrogen-bond donors (Lipinski definition) is 1. The van der Waals surface area contributed by atoms with Crippen molar-refractivity contribution < 1.29 is 5.11 Å². The van der Waals surface area contributed by atoms with Crippen LogP contribution in [-0.4, -0.2) is 22.7 Å². The van der Waals surface area contributed by atoms with Crippen LogP contribution in [-0.2, 0) is 0 Å². The lowest BCUT2D eigenvalue weighted by atomic mass is 10.0. The van der Waals surface area contributed by atoms with Crippen LogP contribution >= 0.6 is 11.8 Å². The van der Waals surface area contributed by atoms with Gasteiger partial charge in [-0.05, 0) is 12.8 Å². The van der Waals surface area contributed by atoms with Crippen LogP contribution in [0.15, 0.2) is 0 Å². The van der Waals surface area contributed by atoms with Crippen molar-refractivity contribution in [2.24, 2.45) is 5.92 Å². The van der Waals surface area contributed by atoms with Gasteiger partial charge in [-0.3, -0.25) is 0 Å². The molecule has 1 rings (SSSR count).